The van der Waals surface area contributed by atoms with Gasteiger partial charge in [-0.2, -0.15) is 0 Å². The topological polar surface area (TPSA) is 38.8 Å². The van der Waals surface area contributed by atoms with E-state index in [1.54, 1.807) is 12.0 Å². The van der Waals surface area contributed by atoms with Gasteiger partial charge in [0.1, 0.15) is 11.4 Å². The van der Waals surface area contributed by atoms with E-state index in [0.717, 1.165) is 36.3 Å². The highest BCUT2D eigenvalue weighted by molar-refractivity contribution is 5.90. The molecule has 120 valence electrons. The summed E-state index contributed by atoms with van der Waals surface area (Å²) in [6.07, 6.45) is 4.28. The van der Waals surface area contributed by atoms with Crippen molar-refractivity contribution < 1.29 is 14.3 Å². The molecule has 22 heavy (non-hydrogen) atoms. The van der Waals surface area contributed by atoms with Gasteiger partial charge in [0, 0.05) is 0 Å². The van der Waals surface area contributed by atoms with Crippen molar-refractivity contribution in [1.29, 1.82) is 0 Å². The third-order valence-corrected chi connectivity index (χ3v) is 3.69. The van der Waals surface area contributed by atoms with E-state index < -0.39 is 5.60 Å². The highest BCUT2D eigenvalue weighted by Crippen LogP contribution is 2.33. The Hall–Kier alpha value is -1.97. The zero-order chi connectivity index (χ0) is 16.3. The van der Waals surface area contributed by atoms with E-state index in [-0.39, 0.29) is 12.1 Å². The van der Waals surface area contributed by atoms with Crippen LogP contribution in [-0.4, -0.2) is 24.8 Å². The summed E-state index contributed by atoms with van der Waals surface area (Å²) in [5, 5.41) is 0. The Morgan fingerprint density at radius 3 is 2.73 bits per heavy atom. The molecule has 0 bridgehead atoms. The fourth-order valence-corrected chi connectivity index (χ4v) is 2.70. The van der Waals surface area contributed by atoms with Crippen LogP contribution in [0.5, 0.6) is 5.75 Å². The number of fused-ring (bicyclic) bond motifs is 1. The second-order valence-electron chi connectivity index (χ2n) is 6.54. The molecule has 1 unspecified atom stereocenters. The maximum absolute atomic E-state index is 12.7. The first kappa shape index (κ1) is 16.4. The molecule has 1 amide bonds. The first-order valence-corrected chi connectivity index (χ1v) is 7.67. The van der Waals surface area contributed by atoms with Crippen molar-refractivity contribution in [3.05, 3.63) is 36.4 Å². The summed E-state index contributed by atoms with van der Waals surface area (Å²) in [5.41, 5.74) is 1.47. The minimum Gasteiger partial charge on any atom is -0.497 e. The fourth-order valence-electron chi connectivity index (χ4n) is 2.70. The van der Waals surface area contributed by atoms with E-state index in [1.165, 1.54) is 0 Å². The number of carbonyl (C=O) groups excluding carboxylic acids is 1. The van der Waals surface area contributed by atoms with Crippen molar-refractivity contribution in [1.82, 2.24) is 0 Å². The Labute approximate surface area is 132 Å². The van der Waals surface area contributed by atoms with Crippen LogP contribution in [0.2, 0.25) is 0 Å². The van der Waals surface area contributed by atoms with Crippen LogP contribution >= 0.6 is 0 Å². The summed E-state index contributed by atoms with van der Waals surface area (Å²) in [7, 11) is 1.65. The van der Waals surface area contributed by atoms with Crippen molar-refractivity contribution in [3.63, 3.8) is 0 Å². The van der Waals surface area contributed by atoms with Gasteiger partial charge in [-0.1, -0.05) is 6.08 Å². The van der Waals surface area contributed by atoms with Crippen LogP contribution < -0.4 is 9.64 Å². The molecule has 4 heteroatoms. The SMILES string of the molecule is C=CC1CCCc2cc(OC)ccc2N1C(=O)OC(C)(C)C. The van der Waals surface area contributed by atoms with Crippen LogP contribution in [0.3, 0.4) is 0 Å². The lowest BCUT2D eigenvalue weighted by molar-refractivity contribution is 0.0571. The Bertz CT molecular complexity index is 560. The van der Waals surface area contributed by atoms with Crippen LogP contribution in [0.4, 0.5) is 10.5 Å². The molecule has 2 rings (SSSR count). The summed E-state index contributed by atoms with van der Waals surface area (Å²) >= 11 is 0. The average Bonchev–Trinajstić information content (AvgIpc) is 2.63. The molecule has 1 aromatic rings. The van der Waals surface area contributed by atoms with Crippen LogP contribution in [0.25, 0.3) is 0 Å². The summed E-state index contributed by atoms with van der Waals surface area (Å²) in [5.74, 6) is 0.806. The number of methoxy groups -OCH3 is 1. The van der Waals surface area contributed by atoms with Crippen molar-refractivity contribution in [2.75, 3.05) is 12.0 Å². The molecule has 0 spiro atoms. The Kier molecular flexibility index (Phi) is 4.79. The van der Waals surface area contributed by atoms with E-state index in [4.69, 9.17) is 9.47 Å². The first-order chi connectivity index (χ1) is 10.4. The number of amides is 1. The molecule has 0 aliphatic carbocycles. The fraction of sp³-hybridized carbons (Fsp3) is 0.500. The number of hydrogen-bond donors (Lipinski definition) is 0. The zero-order valence-electron chi connectivity index (χ0n) is 13.9. The van der Waals surface area contributed by atoms with E-state index >= 15 is 0 Å². The molecular formula is C18H25NO3. The molecule has 0 fully saturated rings. The van der Waals surface area contributed by atoms with Gasteiger partial charge in [0.2, 0.25) is 0 Å². The lowest BCUT2D eigenvalue weighted by Crippen LogP contribution is -2.42. The minimum atomic E-state index is -0.526. The standard InChI is InChI=1S/C18H25NO3/c1-6-14-9-7-8-13-12-15(21-5)10-11-16(13)19(14)17(20)22-18(2,3)4/h6,10-12,14H,1,7-9H2,2-5H3. The largest absolute Gasteiger partial charge is 0.497 e. The molecule has 1 aliphatic heterocycles. The number of anilines is 1. The number of rotatable bonds is 2. The van der Waals surface area contributed by atoms with Crippen molar-refractivity contribution in [2.24, 2.45) is 0 Å². The van der Waals surface area contributed by atoms with Gasteiger partial charge < -0.3 is 9.47 Å². The number of ether oxygens (including phenoxy) is 2. The molecule has 0 aromatic heterocycles. The third-order valence-electron chi connectivity index (χ3n) is 3.69. The van der Waals surface area contributed by atoms with Gasteiger partial charge in [0.25, 0.3) is 0 Å². The van der Waals surface area contributed by atoms with Gasteiger partial charge in [0.15, 0.2) is 0 Å². The van der Waals surface area contributed by atoms with Crippen molar-refractivity contribution >= 4 is 11.8 Å². The Morgan fingerprint density at radius 2 is 2.14 bits per heavy atom. The molecular weight excluding hydrogens is 278 g/mol. The predicted molar refractivity (Wildman–Crippen MR) is 88.6 cm³/mol. The number of aryl methyl sites for hydroxylation is 1. The second-order valence-corrected chi connectivity index (χ2v) is 6.54. The highest BCUT2D eigenvalue weighted by atomic mass is 16.6. The van der Waals surface area contributed by atoms with E-state index in [0.29, 0.717) is 0 Å². The molecule has 4 nitrogen and oxygen atoms in total. The molecule has 1 atom stereocenters. The van der Waals surface area contributed by atoms with E-state index in [9.17, 15) is 4.79 Å². The molecule has 0 radical (unpaired) electrons. The molecule has 1 heterocycles. The van der Waals surface area contributed by atoms with Crippen LogP contribution in [0.1, 0.15) is 39.2 Å². The van der Waals surface area contributed by atoms with Gasteiger partial charge in [-0.05, 0) is 63.8 Å². The van der Waals surface area contributed by atoms with Crippen molar-refractivity contribution in [2.45, 2.75) is 51.7 Å². The minimum absolute atomic E-state index is 0.0514. The first-order valence-electron chi connectivity index (χ1n) is 7.67. The Balaban J connectivity index is 2.43. The number of benzene rings is 1. The maximum atomic E-state index is 12.7. The lowest BCUT2D eigenvalue weighted by Gasteiger charge is -2.31. The molecule has 1 aromatic carbocycles. The third kappa shape index (κ3) is 3.62. The highest BCUT2D eigenvalue weighted by Gasteiger charge is 2.31. The smallest absolute Gasteiger partial charge is 0.415 e. The maximum Gasteiger partial charge on any atom is 0.415 e. The van der Waals surface area contributed by atoms with Gasteiger partial charge in [-0.15, -0.1) is 6.58 Å². The van der Waals surface area contributed by atoms with Gasteiger partial charge >= 0.3 is 6.09 Å². The van der Waals surface area contributed by atoms with Crippen LogP contribution in [-0.2, 0) is 11.2 Å². The normalized spacial score (nSPS) is 18.2. The number of carbonyl (C=O) groups is 1. The van der Waals surface area contributed by atoms with Gasteiger partial charge in [-0.3, -0.25) is 4.90 Å². The van der Waals surface area contributed by atoms with E-state index in [2.05, 4.69) is 6.58 Å². The average molecular weight is 303 g/mol. The number of nitrogens with zero attached hydrogens (tertiary/aromatic N) is 1. The van der Waals surface area contributed by atoms with Crippen molar-refractivity contribution in [3.8, 4) is 5.75 Å². The van der Waals surface area contributed by atoms with Gasteiger partial charge in [-0.25, -0.2) is 4.79 Å². The predicted octanol–water partition coefficient (Wildman–Crippen LogP) is 4.33. The molecule has 0 N–H and O–H groups in total. The molecule has 1 aliphatic rings. The monoisotopic (exact) mass is 303 g/mol. The molecule has 0 saturated heterocycles. The summed E-state index contributed by atoms with van der Waals surface area (Å²) < 4.78 is 10.9. The summed E-state index contributed by atoms with van der Waals surface area (Å²) in [4.78, 5) is 14.4. The second kappa shape index (κ2) is 6.42. The van der Waals surface area contributed by atoms with Crippen LogP contribution in [0.15, 0.2) is 30.9 Å². The summed E-state index contributed by atoms with van der Waals surface area (Å²) in [6, 6.07) is 5.75. The molecule has 0 saturated carbocycles. The van der Waals surface area contributed by atoms with Crippen LogP contribution in [0, 0.1) is 0 Å². The van der Waals surface area contributed by atoms with E-state index in [1.807, 2.05) is 45.0 Å². The van der Waals surface area contributed by atoms with Gasteiger partial charge in [0.05, 0.1) is 18.8 Å². The summed E-state index contributed by atoms with van der Waals surface area (Å²) in [6.45, 7) is 9.51. The zero-order valence-corrected chi connectivity index (χ0v) is 13.9. The quantitative estimate of drug-likeness (QED) is 0.763. The lowest BCUT2D eigenvalue weighted by atomic mass is 10.1. The Morgan fingerprint density at radius 1 is 1.41 bits per heavy atom. The number of hydrogen-bond acceptors (Lipinski definition) is 3.